The molecule has 4 unspecified atom stereocenters. The van der Waals surface area contributed by atoms with Gasteiger partial charge in [0, 0.05) is 35.6 Å². The topological polar surface area (TPSA) is 21.3 Å². The molecule has 1 N–H and O–H groups in total. The van der Waals surface area contributed by atoms with Crippen LogP contribution < -0.4 is 5.32 Å². The van der Waals surface area contributed by atoms with Gasteiger partial charge >= 0.3 is 0 Å². The maximum atomic E-state index is 13.8. The summed E-state index contributed by atoms with van der Waals surface area (Å²) in [5.74, 6) is -0.267. The Hall–Kier alpha value is -1.00. The van der Waals surface area contributed by atoms with Gasteiger partial charge in [-0.15, -0.1) is 0 Å². The van der Waals surface area contributed by atoms with Crippen LogP contribution in [0.3, 0.4) is 0 Å². The minimum absolute atomic E-state index is 0.0409. The van der Waals surface area contributed by atoms with Gasteiger partial charge in [-0.25, -0.2) is 8.78 Å². The lowest BCUT2D eigenvalue weighted by atomic mass is 9.57. The fraction of sp³-hybridized carbons (Fsp3) is 0.625. The molecule has 1 aliphatic carbocycles. The van der Waals surface area contributed by atoms with Gasteiger partial charge in [-0.2, -0.15) is 0 Å². The summed E-state index contributed by atoms with van der Waals surface area (Å²) < 4.78 is 32.9. The third kappa shape index (κ3) is 2.06. The van der Waals surface area contributed by atoms with Gasteiger partial charge in [-0.1, -0.05) is 13.8 Å². The predicted octanol–water partition coefficient (Wildman–Crippen LogP) is 3.43. The van der Waals surface area contributed by atoms with E-state index in [4.69, 9.17) is 4.74 Å². The molecule has 0 amide bonds. The zero-order valence-electron chi connectivity index (χ0n) is 12.1. The molecule has 0 spiro atoms. The number of ether oxygens (including phenoxy) is 1. The molecule has 1 aromatic carbocycles. The lowest BCUT2D eigenvalue weighted by molar-refractivity contribution is -0.115. The SMILES string of the molecule is CC(NC1C2CCOC2C1(C)C)c1cc(F)ccc1F. The molecule has 1 heterocycles. The minimum atomic E-state index is -0.398. The Morgan fingerprint density at radius 2 is 2.10 bits per heavy atom. The molecule has 20 heavy (non-hydrogen) atoms. The van der Waals surface area contributed by atoms with Crippen molar-refractivity contribution >= 4 is 0 Å². The predicted molar refractivity (Wildman–Crippen MR) is 73.3 cm³/mol. The highest BCUT2D eigenvalue weighted by atomic mass is 19.1. The van der Waals surface area contributed by atoms with E-state index in [1.165, 1.54) is 12.1 Å². The van der Waals surface area contributed by atoms with E-state index in [2.05, 4.69) is 19.2 Å². The molecule has 1 aliphatic heterocycles. The zero-order chi connectivity index (χ0) is 14.5. The summed E-state index contributed by atoms with van der Waals surface area (Å²) in [4.78, 5) is 0. The highest BCUT2D eigenvalue weighted by Gasteiger charge is 2.59. The Kier molecular flexibility index (Phi) is 3.33. The van der Waals surface area contributed by atoms with E-state index in [1.54, 1.807) is 0 Å². The Morgan fingerprint density at radius 3 is 2.85 bits per heavy atom. The maximum absolute atomic E-state index is 13.8. The highest BCUT2D eigenvalue weighted by Crippen LogP contribution is 2.52. The van der Waals surface area contributed by atoms with Crippen molar-refractivity contribution in [1.29, 1.82) is 0 Å². The van der Waals surface area contributed by atoms with Crippen LogP contribution in [0.4, 0.5) is 8.78 Å². The molecule has 0 aromatic heterocycles. The summed E-state index contributed by atoms with van der Waals surface area (Å²) >= 11 is 0. The van der Waals surface area contributed by atoms with Gasteiger partial charge in [0.05, 0.1) is 6.10 Å². The number of halogens is 2. The molecule has 4 atom stereocenters. The van der Waals surface area contributed by atoms with Gasteiger partial charge in [0.15, 0.2) is 0 Å². The number of fused-ring (bicyclic) bond motifs is 1. The standard InChI is InChI=1S/C16H21F2NO/c1-9(12-8-10(17)4-5-13(12)18)19-14-11-6-7-20-15(11)16(14,2)3/h4-5,8-9,11,14-15,19H,6-7H2,1-3H3. The van der Waals surface area contributed by atoms with Crippen molar-refractivity contribution in [2.75, 3.05) is 6.61 Å². The molecule has 1 aromatic rings. The quantitative estimate of drug-likeness (QED) is 0.916. The Morgan fingerprint density at radius 1 is 1.35 bits per heavy atom. The van der Waals surface area contributed by atoms with Crippen LogP contribution in [0.15, 0.2) is 18.2 Å². The summed E-state index contributed by atoms with van der Waals surface area (Å²) in [5.41, 5.74) is 0.433. The molecular formula is C16H21F2NO. The second kappa shape index (κ2) is 4.78. The summed E-state index contributed by atoms with van der Waals surface area (Å²) in [6.45, 7) is 7.04. The van der Waals surface area contributed by atoms with Gasteiger partial charge < -0.3 is 10.1 Å². The second-order valence-electron chi connectivity index (χ2n) is 6.60. The van der Waals surface area contributed by atoms with Gasteiger partial charge in [-0.05, 0) is 31.5 Å². The highest BCUT2D eigenvalue weighted by molar-refractivity contribution is 5.23. The van der Waals surface area contributed by atoms with E-state index in [1.807, 2.05) is 6.92 Å². The number of benzene rings is 1. The molecule has 2 nitrogen and oxygen atoms in total. The molecule has 1 saturated heterocycles. The van der Waals surface area contributed by atoms with Crippen LogP contribution in [0.2, 0.25) is 0 Å². The lowest BCUT2D eigenvalue weighted by Gasteiger charge is -2.55. The number of nitrogens with one attached hydrogen (secondary N) is 1. The average molecular weight is 281 g/mol. The lowest BCUT2D eigenvalue weighted by Crippen LogP contribution is -2.66. The molecule has 0 radical (unpaired) electrons. The van der Waals surface area contributed by atoms with Crippen molar-refractivity contribution in [1.82, 2.24) is 5.32 Å². The van der Waals surface area contributed by atoms with E-state index in [0.29, 0.717) is 17.6 Å². The summed E-state index contributed by atoms with van der Waals surface area (Å²) in [6, 6.07) is 3.70. The number of rotatable bonds is 3. The van der Waals surface area contributed by atoms with Gasteiger partial charge in [-0.3, -0.25) is 0 Å². The normalized spacial score (nSPS) is 32.5. The van der Waals surface area contributed by atoms with E-state index in [-0.39, 0.29) is 23.3 Å². The maximum Gasteiger partial charge on any atom is 0.128 e. The number of hydrogen-bond donors (Lipinski definition) is 1. The van der Waals surface area contributed by atoms with Crippen molar-refractivity contribution in [3.63, 3.8) is 0 Å². The molecule has 2 fully saturated rings. The monoisotopic (exact) mass is 281 g/mol. The first-order valence-corrected chi connectivity index (χ1v) is 7.24. The molecule has 2 aliphatic rings. The van der Waals surface area contributed by atoms with Crippen molar-refractivity contribution < 1.29 is 13.5 Å². The molecule has 0 bridgehead atoms. The van der Waals surface area contributed by atoms with Gasteiger partial charge in [0.1, 0.15) is 11.6 Å². The van der Waals surface area contributed by atoms with Crippen LogP contribution in [0.5, 0.6) is 0 Å². The van der Waals surface area contributed by atoms with Crippen molar-refractivity contribution in [2.24, 2.45) is 11.3 Å². The molecule has 4 heteroatoms. The molecule has 1 saturated carbocycles. The minimum Gasteiger partial charge on any atom is -0.377 e. The van der Waals surface area contributed by atoms with Crippen LogP contribution in [0.25, 0.3) is 0 Å². The van der Waals surface area contributed by atoms with Crippen molar-refractivity contribution in [2.45, 2.75) is 45.4 Å². The van der Waals surface area contributed by atoms with Crippen LogP contribution in [0.1, 0.15) is 38.8 Å². The van der Waals surface area contributed by atoms with Crippen LogP contribution in [-0.2, 0) is 4.74 Å². The van der Waals surface area contributed by atoms with Gasteiger partial charge in [0.2, 0.25) is 0 Å². The third-order valence-corrected chi connectivity index (χ3v) is 4.95. The molecular weight excluding hydrogens is 260 g/mol. The fourth-order valence-corrected chi connectivity index (χ4v) is 3.87. The second-order valence-corrected chi connectivity index (χ2v) is 6.60. The van der Waals surface area contributed by atoms with Crippen LogP contribution in [-0.4, -0.2) is 18.8 Å². The Balaban J connectivity index is 1.76. The smallest absolute Gasteiger partial charge is 0.128 e. The summed E-state index contributed by atoms with van der Waals surface area (Å²) in [5, 5.41) is 3.48. The number of hydrogen-bond acceptors (Lipinski definition) is 2. The van der Waals surface area contributed by atoms with Crippen molar-refractivity contribution in [3.8, 4) is 0 Å². The van der Waals surface area contributed by atoms with Crippen LogP contribution >= 0.6 is 0 Å². The van der Waals surface area contributed by atoms with Crippen LogP contribution in [0, 0.1) is 23.0 Å². The van der Waals surface area contributed by atoms with E-state index >= 15 is 0 Å². The largest absolute Gasteiger partial charge is 0.377 e. The third-order valence-electron chi connectivity index (χ3n) is 4.95. The molecule has 3 rings (SSSR count). The summed E-state index contributed by atoms with van der Waals surface area (Å²) in [6.07, 6.45) is 1.34. The fourth-order valence-electron chi connectivity index (χ4n) is 3.87. The molecule has 110 valence electrons. The Labute approximate surface area is 118 Å². The summed E-state index contributed by atoms with van der Waals surface area (Å²) in [7, 11) is 0. The first kappa shape index (κ1) is 14.0. The van der Waals surface area contributed by atoms with Gasteiger partial charge in [0.25, 0.3) is 0 Å². The van der Waals surface area contributed by atoms with E-state index in [9.17, 15) is 8.78 Å². The average Bonchev–Trinajstić information content (AvgIpc) is 2.85. The van der Waals surface area contributed by atoms with Crippen molar-refractivity contribution in [3.05, 3.63) is 35.4 Å². The first-order valence-electron chi connectivity index (χ1n) is 7.24. The van der Waals surface area contributed by atoms with E-state index < -0.39 is 5.82 Å². The first-order chi connectivity index (χ1) is 9.41. The zero-order valence-corrected chi connectivity index (χ0v) is 12.1. The Bertz CT molecular complexity index is 517. The van der Waals surface area contributed by atoms with E-state index in [0.717, 1.165) is 19.1 Å².